The molecule has 1 atom stereocenters. The van der Waals surface area contributed by atoms with Gasteiger partial charge in [0.15, 0.2) is 5.69 Å². The summed E-state index contributed by atoms with van der Waals surface area (Å²) in [6, 6.07) is 3.37. The minimum Gasteiger partial charge on any atom is -0.481 e. The number of likely N-dealkylation sites (tertiary alicyclic amines) is 1. The van der Waals surface area contributed by atoms with Crippen molar-refractivity contribution >= 4 is 11.8 Å². The van der Waals surface area contributed by atoms with E-state index >= 15 is 0 Å². The Balaban J connectivity index is 1.62. The Bertz CT molecular complexity index is 807. The Morgan fingerprint density at radius 1 is 1.32 bits per heavy atom. The maximum Gasteiger partial charge on any atom is 0.273 e. The van der Waals surface area contributed by atoms with Crippen LogP contribution in [0.2, 0.25) is 0 Å². The van der Waals surface area contributed by atoms with E-state index in [1.807, 2.05) is 4.90 Å². The Morgan fingerprint density at radius 3 is 2.89 bits per heavy atom. The number of methoxy groups -OCH3 is 2. The second-order valence-corrected chi connectivity index (χ2v) is 6.46. The number of rotatable bonds is 8. The van der Waals surface area contributed by atoms with Gasteiger partial charge in [-0.05, 0) is 18.9 Å². The van der Waals surface area contributed by atoms with Gasteiger partial charge < -0.3 is 19.7 Å². The molecule has 3 heterocycles. The lowest BCUT2D eigenvalue weighted by atomic mass is 10.2. The van der Waals surface area contributed by atoms with E-state index in [0.717, 1.165) is 12.8 Å². The van der Waals surface area contributed by atoms with Crippen molar-refractivity contribution in [2.24, 2.45) is 0 Å². The molecule has 0 spiro atoms. The van der Waals surface area contributed by atoms with Crippen LogP contribution < -0.4 is 10.1 Å². The van der Waals surface area contributed by atoms with Gasteiger partial charge in [-0.2, -0.15) is 0 Å². The molecule has 10 heteroatoms. The van der Waals surface area contributed by atoms with Crippen molar-refractivity contribution in [3.05, 3.63) is 35.8 Å². The summed E-state index contributed by atoms with van der Waals surface area (Å²) in [4.78, 5) is 30.8. The van der Waals surface area contributed by atoms with Crippen molar-refractivity contribution < 1.29 is 19.1 Å². The van der Waals surface area contributed by atoms with E-state index < -0.39 is 0 Å². The average molecular weight is 388 g/mol. The van der Waals surface area contributed by atoms with Crippen LogP contribution in [-0.2, 0) is 11.3 Å². The molecule has 1 N–H and O–H groups in total. The van der Waals surface area contributed by atoms with Gasteiger partial charge in [0.25, 0.3) is 11.8 Å². The van der Waals surface area contributed by atoms with E-state index in [4.69, 9.17) is 9.47 Å². The molecule has 0 unspecified atom stereocenters. The third-order valence-corrected chi connectivity index (χ3v) is 4.59. The Hall–Kier alpha value is -3.01. The summed E-state index contributed by atoms with van der Waals surface area (Å²) in [6.45, 7) is 1.99. The molecule has 1 fully saturated rings. The van der Waals surface area contributed by atoms with Crippen LogP contribution in [0.15, 0.2) is 24.5 Å². The molecular weight excluding hydrogens is 364 g/mol. The molecule has 150 valence electrons. The fourth-order valence-corrected chi connectivity index (χ4v) is 3.15. The normalized spacial score (nSPS) is 16.2. The van der Waals surface area contributed by atoms with Crippen LogP contribution in [0.3, 0.4) is 0 Å². The molecule has 1 aliphatic heterocycles. The predicted molar refractivity (Wildman–Crippen MR) is 99.1 cm³/mol. The fourth-order valence-electron chi connectivity index (χ4n) is 3.15. The lowest BCUT2D eigenvalue weighted by Crippen LogP contribution is -2.38. The van der Waals surface area contributed by atoms with Gasteiger partial charge in [-0.25, -0.2) is 9.67 Å². The topological polar surface area (TPSA) is 111 Å². The largest absolute Gasteiger partial charge is 0.481 e. The number of hydrogen-bond acceptors (Lipinski definition) is 7. The summed E-state index contributed by atoms with van der Waals surface area (Å²) in [7, 11) is 3.10. The predicted octanol–water partition coefficient (Wildman–Crippen LogP) is 0.363. The van der Waals surface area contributed by atoms with Gasteiger partial charge in [-0.3, -0.25) is 9.59 Å². The summed E-state index contributed by atoms with van der Waals surface area (Å²) in [5.41, 5.74) is 0.760. The quantitative estimate of drug-likeness (QED) is 0.650. The molecule has 3 rings (SSSR count). The minimum absolute atomic E-state index is 0.0132. The van der Waals surface area contributed by atoms with Crippen LogP contribution in [0.25, 0.3) is 0 Å². The van der Waals surface area contributed by atoms with E-state index in [2.05, 4.69) is 20.6 Å². The van der Waals surface area contributed by atoms with Gasteiger partial charge in [0, 0.05) is 32.5 Å². The van der Waals surface area contributed by atoms with Gasteiger partial charge >= 0.3 is 0 Å². The summed E-state index contributed by atoms with van der Waals surface area (Å²) < 4.78 is 11.5. The smallest absolute Gasteiger partial charge is 0.273 e. The zero-order valence-corrected chi connectivity index (χ0v) is 16.0. The van der Waals surface area contributed by atoms with Gasteiger partial charge in [0.05, 0.1) is 38.1 Å². The van der Waals surface area contributed by atoms with Crippen LogP contribution in [0.5, 0.6) is 5.88 Å². The second-order valence-electron chi connectivity index (χ2n) is 6.46. The summed E-state index contributed by atoms with van der Waals surface area (Å²) in [5, 5.41) is 10.6. The average Bonchev–Trinajstić information content (AvgIpc) is 3.38. The van der Waals surface area contributed by atoms with Gasteiger partial charge in [-0.15, -0.1) is 5.10 Å². The molecule has 2 aromatic rings. The maximum absolute atomic E-state index is 12.8. The number of nitrogens with one attached hydrogen (secondary N) is 1. The highest BCUT2D eigenvalue weighted by Gasteiger charge is 2.30. The van der Waals surface area contributed by atoms with Crippen molar-refractivity contribution in [2.75, 3.05) is 33.9 Å². The van der Waals surface area contributed by atoms with Crippen LogP contribution in [0.1, 0.15) is 33.7 Å². The number of pyridine rings is 1. The zero-order valence-electron chi connectivity index (χ0n) is 16.0. The Morgan fingerprint density at radius 2 is 2.18 bits per heavy atom. The van der Waals surface area contributed by atoms with Crippen LogP contribution in [0.4, 0.5) is 0 Å². The molecule has 28 heavy (non-hydrogen) atoms. The van der Waals surface area contributed by atoms with E-state index in [9.17, 15) is 9.59 Å². The highest BCUT2D eigenvalue weighted by molar-refractivity contribution is 5.94. The fraction of sp³-hybridized carbons (Fsp3) is 0.500. The van der Waals surface area contributed by atoms with E-state index in [1.54, 1.807) is 30.1 Å². The first-order chi connectivity index (χ1) is 13.6. The molecule has 2 aromatic heterocycles. The molecule has 0 aliphatic carbocycles. The molecule has 10 nitrogen and oxygen atoms in total. The SMILES string of the molecule is COCCNC(=O)c1cn(C[C@@H]2CCCN2C(=O)c2ccc(OC)nc2)nn1. The number of amides is 2. The minimum atomic E-state index is -0.299. The maximum atomic E-state index is 12.8. The Labute approximate surface area is 162 Å². The van der Waals surface area contributed by atoms with Crippen LogP contribution in [-0.4, -0.2) is 76.6 Å². The van der Waals surface area contributed by atoms with Crippen molar-refractivity contribution in [1.29, 1.82) is 0 Å². The molecule has 0 bridgehead atoms. The van der Waals surface area contributed by atoms with Crippen molar-refractivity contribution in [2.45, 2.75) is 25.4 Å². The molecular formula is C18H24N6O4. The number of carbonyl (C=O) groups is 2. The van der Waals surface area contributed by atoms with Crippen molar-refractivity contribution in [1.82, 2.24) is 30.2 Å². The van der Waals surface area contributed by atoms with Crippen molar-refractivity contribution in [3.8, 4) is 5.88 Å². The number of aromatic nitrogens is 4. The van der Waals surface area contributed by atoms with E-state index in [-0.39, 0.29) is 23.6 Å². The van der Waals surface area contributed by atoms with Gasteiger partial charge in [-0.1, -0.05) is 5.21 Å². The molecule has 0 radical (unpaired) electrons. The first kappa shape index (κ1) is 19.7. The summed E-state index contributed by atoms with van der Waals surface area (Å²) >= 11 is 0. The second kappa shape index (κ2) is 9.27. The van der Waals surface area contributed by atoms with Gasteiger partial charge in [0.1, 0.15) is 0 Å². The highest BCUT2D eigenvalue weighted by Crippen LogP contribution is 2.22. The van der Waals surface area contributed by atoms with Crippen LogP contribution >= 0.6 is 0 Å². The zero-order chi connectivity index (χ0) is 19.9. The third kappa shape index (κ3) is 4.63. The van der Waals surface area contributed by atoms with Gasteiger partial charge in [0.2, 0.25) is 5.88 Å². The number of ether oxygens (including phenoxy) is 2. The highest BCUT2D eigenvalue weighted by atomic mass is 16.5. The first-order valence-electron chi connectivity index (χ1n) is 9.10. The Kier molecular flexibility index (Phi) is 6.53. The van der Waals surface area contributed by atoms with E-state index in [1.165, 1.54) is 13.3 Å². The lowest BCUT2D eigenvalue weighted by molar-refractivity contribution is 0.0720. The molecule has 1 aliphatic rings. The first-order valence-corrected chi connectivity index (χ1v) is 9.10. The molecule has 0 saturated carbocycles. The van der Waals surface area contributed by atoms with Crippen molar-refractivity contribution in [3.63, 3.8) is 0 Å². The summed E-state index contributed by atoms with van der Waals surface area (Å²) in [5.74, 6) is 0.0932. The molecule has 2 amide bonds. The monoisotopic (exact) mass is 388 g/mol. The lowest BCUT2D eigenvalue weighted by Gasteiger charge is -2.24. The number of nitrogens with zero attached hydrogens (tertiary/aromatic N) is 5. The third-order valence-electron chi connectivity index (χ3n) is 4.59. The van der Waals surface area contributed by atoms with Crippen LogP contribution in [0, 0.1) is 0 Å². The number of carbonyl (C=O) groups excluding carboxylic acids is 2. The van der Waals surface area contributed by atoms with E-state index in [0.29, 0.717) is 37.7 Å². The summed E-state index contributed by atoms with van der Waals surface area (Å²) in [6.07, 6.45) is 4.90. The molecule has 1 saturated heterocycles. The number of hydrogen-bond donors (Lipinski definition) is 1. The molecule has 0 aromatic carbocycles. The standard InChI is InChI=1S/C18H24N6O4/c1-27-9-7-19-17(25)15-12-23(22-21-15)11-14-4-3-8-24(14)18(26)13-5-6-16(28-2)20-10-13/h5-6,10,12,14H,3-4,7-9,11H2,1-2H3,(H,19,25)/t14-/m0/s1.